The van der Waals surface area contributed by atoms with Gasteiger partial charge in [0.1, 0.15) is 0 Å². The zero-order valence-corrected chi connectivity index (χ0v) is 11.6. The maximum atomic E-state index is 10.9. The summed E-state index contributed by atoms with van der Waals surface area (Å²) in [5.41, 5.74) is 2.08. The van der Waals surface area contributed by atoms with Crippen molar-refractivity contribution in [3.05, 3.63) is 48.3 Å². The van der Waals surface area contributed by atoms with Crippen LogP contribution in [0.3, 0.4) is 0 Å². The second kappa shape index (κ2) is 6.86. The quantitative estimate of drug-likeness (QED) is 0.840. The fraction of sp³-hybridized carbons (Fsp3) is 0.333. The summed E-state index contributed by atoms with van der Waals surface area (Å²) in [6.45, 7) is 3.53. The molecule has 0 fully saturated rings. The van der Waals surface area contributed by atoms with Crippen LogP contribution < -0.4 is 0 Å². The van der Waals surface area contributed by atoms with Gasteiger partial charge < -0.3 is 5.11 Å². The van der Waals surface area contributed by atoms with Crippen molar-refractivity contribution >= 4 is 5.97 Å². The number of hydrogen-bond donors (Lipinski definition) is 1. The molecule has 0 radical (unpaired) electrons. The van der Waals surface area contributed by atoms with Crippen LogP contribution in [-0.4, -0.2) is 38.8 Å². The standard InChI is InChI=1S/C15H19N3O2/c1-2-8-17(12-15(19)20)11-13-5-3-6-14(10-13)18-9-4-7-16-18/h3-7,9-10H,2,8,11-12H2,1H3,(H,19,20). The number of aliphatic carboxylic acids is 1. The summed E-state index contributed by atoms with van der Waals surface area (Å²) in [4.78, 5) is 12.8. The summed E-state index contributed by atoms with van der Waals surface area (Å²) in [6.07, 6.45) is 4.56. The zero-order valence-electron chi connectivity index (χ0n) is 11.6. The molecule has 0 bridgehead atoms. The molecule has 5 nitrogen and oxygen atoms in total. The highest BCUT2D eigenvalue weighted by atomic mass is 16.4. The van der Waals surface area contributed by atoms with Crippen LogP contribution in [0.5, 0.6) is 0 Å². The average molecular weight is 273 g/mol. The molecule has 5 heteroatoms. The summed E-state index contributed by atoms with van der Waals surface area (Å²) in [7, 11) is 0. The third kappa shape index (κ3) is 3.93. The van der Waals surface area contributed by atoms with Crippen molar-refractivity contribution in [2.24, 2.45) is 0 Å². The van der Waals surface area contributed by atoms with Gasteiger partial charge >= 0.3 is 5.97 Å². The first-order valence-corrected chi connectivity index (χ1v) is 6.72. The van der Waals surface area contributed by atoms with Gasteiger partial charge in [-0.15, -0.1) is 0 Å². The van der Waals surface area contributed by atoms with Crippen LogP contribution in [0.4, 0.5) is 0 Å². The smallest absolute Gasteiger partial charge is 0.317 e. The molecule has 0 unspecified atom stereocenters. The van der Waals surface area contributed by atoms with Crippen LogP contribution >= 0.6 is 0 Å². The van der Waals surface area contributed by atoms with E-state index in [1.165, 1.54) is 0 Å². The Morgan fingerprint density at radius 1 is 1.40 bits per heavy atom. The maximum absolute atomic E-state index is 10.9. The van der Waals surface area contributed by atoms with E-state index >= 15 is 0 Å². The normalized spacial score (nSPS) is 10.9. The first-order chi connectivity index (χ1) is 9.69. The summed E-state index contributed by atoms with van der Waals surface area (Å²) < 4.78 is 1.80. The van der Waals surface area contributed by atoms with Crippen LogP contribution in [0.2, 0.25) is 0 Å². The Bertz CT molecular complexity index is 552. The molecule has 0 aliphatic rings. The maximum Gasteiger partial charge on any atom is 0.317 e. The lowest BCUT2D eigenvalue weighted by atomic mass is 10.2. The predicted octanol–water partition coefficient (Wildman–Crippen LogP) is 2.17. The number of carbonyl (C=O) groups is 1. The molecular weight excluding hydrogens is 254 g/mol. The van der Waals surface area contributed by atoms with Gasteiger partial charge in [0.25, 0.3) is 0 Å². The Hall–Kier alpha value is -2.14. The largest absolute Gasteiger partial charge is 0.480 e. The molecule has 1 aromatic carbocycles. The van der Waals surface area contributed by atoms with E-state index in [0.717, 1.165) is 24.2 Å². The highest BCUT2D eigenvalue weighted by Gasteiger charge is 2.09. The molecule has 1 N–H and O–H groups in total. The van der Waals surface area contributed by atoms with Crippen LogP contribution in [0.1, 0.15) is 18.9 Å². The number of carboxylic acids is 1. The van der Waals surface area contributed by atoms with E-state index in [-0.39, 0.29) is 6.54 Å². The van der Waals surface area contributed by atoms with Crippen LogP contribution in [0, 0.1) is 0 Å². The van der Waals surface area contributed by atoms with Gasteiger partial charge in [0, 0.05) is 18.9 Å². The van der Waals surface area contributed by atoms with Crippen LogP contribution in [-0.2, 0) is 11.3 Å². The Morgan fingerprint density at radius 3 is 2.90 bits per heavy atom. The van der Waals surface area contributed by atoms with Gasteiger partial charge in [0.15, 0.2) is 0 Å². The van der Waals surface area contributed by atoms with E-state index < -0.39 is 5.97 Å². The first-order valence-electron chi connectivity index (χ1n) is 6.72. The highest BCUT2D eigenvalue weighted by molar-refractivity contribution is 5.69. The fourth-order valence-corrected chi connectivity index (χ4v) is 2.20. The topological polar surface area (TPSA) is 58.4 Å². The van der Waals surface area contributed by atoms with Gasteiger partial charge in [-0.1, -0.05) is 19.1 Å². The zero-order chi connectivity index (χ0) is 14.4. The molecule has 0 saturated carbocycles. The number of aromatic nitrogens is 2. The van der Waals surface area contributed by atoms with Crippen LogP contribution in [0.25, 0.3) is 5.69 Å². The Kier molecular flexibility index (Phi) is 4.90. The Labute approximate surface area is 118 Å². The second-order valence-corrected chi connectivity index (χ2v) is 4.72. The summed E-state index contributed by atoms with van der Waals surface area (Å²) in [6, 6.07) is 9.88. The highest BCUT2D eigenvalue weighted by Crippen LogP contribution is 2.12. The first kappa shape index (κ1) is 14.3. The van der Waals surface area contributed by atoms with Gasteiger partial charge in [-0.25, -0.2) is 4.68 Å². The average Bonchev–Trinajstić information content (AvgIpc) is 2.92. The van der Waals surface area contributed by atoms with Crippen molar-refractivity contribution in [2.75, 3.05) is 13.1 Å². The Balaban J connectivity index is 2.11. The lowest BCUT2D eigenvalue weighted by Crippen LogP contribution is -2.30. The van der Waals surface area contributed by atoms with E-state index in [4.69, 9.17) is 5.11 Å². The van der Waals surface area contributed by atoms with Gasteiger partial charge in [-0.2, -0.15) is 5.10 Å². The molecule has 20 heavy (non-hydrogen) atoms. The predicted molar refractivity (Wildman–Crippen MR) is 76.8 cm³/mol. The van der Waals surface area contributed by atoms with E-state index in [1.807, 2.05) is 41.4 Å². The van der Waals surface area contributed by atoms with Crippen LogP contribution in [0.15, 0.2) is 42.7 Å². The molecule has 0 atom stereocenters. The van der Waals surface area contributed by atoms with Gasteiger partial charge in [-0.05, 0) is 36.7 Å². The Morgan fingerprint density at radius 2 is 2.25 bits per heavy atom. The van der Waals surface area contributed by atoms with Crippen molar-refractivity contribution in [2.45, 2.75) is 19.9 Å². The lowest BCUT2D eigenvalue weighted by Gasteiger charge is -2.19. The lowest BCUT2D eigenvalue weighted by molar-refractivity contribution is -0.138. The molecule has 2 rings (SSSR count). The summed E-state index contributed by atoms with van der Waals surface area (Å²) in [5, 5.41) is 13.1. The fourth-order valence-electron chi connectivity index (χ4n) is 2.20. The monoisotopic (exact) mass is 273 g/mol. The van der Waals surface area contributed by atoms with Crippen molar-refractivity contribution in [3.63, 3.8) is 0 Å². The van der Waals surface area contributed by atoms with E-state index in [9.17, 15) is 4.79 Å². The molecule has 0 spiro atoms. The number of rotatable bonds is 7. The summed E-state index contributed by atoms with van der Waals surface area (Å²) in [5.74, 6) is -0.790. The number of carboxylic acid groups (broad SMARTS) is 1. The molecule has 106 valence electrons. The van der Waals surface area contributed by atoms with Crippen molar-refractivity contribution < 1.29 is 9.90 Å². The SMILES string of the molecule is CCCN(CC(=O)O)Cc1cccc(-n2cccn2)c1. The van der Waals surface area contributed by atoms with Crippen molar-refractivity contribution in [3.8, 4) is 5.69 Å². The van der Waals surface area contributed by atoms with Gasteiger partial charge in [0.2, 0.25) is 0 Å². The van der Waals surface area contributed by atoms with E-state index in [1.54, 1.807) is 10.9 Å². The second-order valence-electron chi connectivity index (χ2n) is 4.72. The minimum Gasteiger partial charge on any atom is -0.480 e. The number of benzene rings is 1. The number of nitrogens with zero attached hydrogens (tertiary/aromatic N) is 3. The van der Waals surface area contributed by atoms with Crippen molar-refractivity contribution in [1.29, 1.82) is 0 Å². The molecular formula is C15H19N3O2. The molecule has 0 aliphatic carbocycles. The van der Waals surface area contributed by atoms with E-state index in [0.29, 0.717) is 6.54 Å². The van der Waals surface area contributed by atoms with Gasteiger partial charge in [0.05, 0.1) is 12.2 Å². The van der Waals surface area contributed by atoms with Gasteiger partial charge in [-0.3, -0.25) is 9.69 Å². The number of hydrogen-bond acceptors (Lipinski definition) is 3. The third-order valence-electron chi connectivity index (χ3n) is 2.98. The molecule has 1 aromatic heterocycles. The minimum atomic E-state index is -0.790. The molecule has 0 aliphatic heterocycles. The molecule has 0 saturated heterocycles. The minimum absolute atomic E-state index is 0.0693. The molecule has 0 amide bonds. The molecule has 1 heterocycles. The summed E-state index contributed by atoms with van der Waals surface area (Å²) >= 11 is 0. The van der Waals surface area contributed by atoms with E-state index in [2.05, 4.69) is 12.0 Å². The van der Waals surface area contributed by atoms with Crippen molar-refractivity contribution in [1.82, 2.24) is 14.7 Å². The third-order valence-corrected chi connectivity index (χ3v) is 2.98. The molecule has 2 aromatic rings.